The quantitative estimate of drug-likeness (QED) is 0.753. The lowest BCUT2D eigenvalue weighted by Crippen LogP contribution is -2.21. The zero-order valence-electron chi connectivity index (χ0n) is 15.8. The predicted molar refractivity (Wildman–Crippen MR) is 105 cm³/mol. The Morgan fingerprint density at radius 2 is 1.75 bits per heavy atom. The first-order chi connectivity index (χ1) is 13.5. The first-order valence-corrected chi connectivity index (χ1v) is 8.97. The summed E-state index contributed by atoms with van der Waals surface area (Å²) in [6, 6.07) is 7.44. The van der Waals surface area contributed by atoms with Crippen LogP contribution in [0.25, 0.3) is 6.08 Å². The van der Waals surface area contributed by atoms with Gasteiger partial charge in [-0.15, -0.1) is 0 Å². The summed E-state index contributed by atoms with van der Waals surface area (Å²) in [4.78, 5) is 13.9. The van der Waals surface area contributed by atoms with Gasteiger partial charge in [0.05, 0.1) is 14.2 Å². The number of hydrogen-bond acceptors (Lipinski definition) is 4. The summed E-state index contributed by atoms with van der Waals surface area (Å²) in [6.07, 6.45) is 4.63. The standard InChI is InChI=1S/C21H22F2N2O3/c1-27-16-6-7-19(28-2)14(11-16)5-8-20(26)24-15-12-17(22)21(18(23)13-15)25-9-3-4-10-25/h5-8,11-13H,3-4,9-10H2,1-2H3,(H,24,26)/b8-5+. The molecule has 28 heavy (non-hydrogen) atoms. The van der Waals surface area contributed by atoms with Crippen LogP contribution in [0.2, 0.25) is 0 Å². The van der Waals surface area contributed by atoms with Crippen molar-refractivity contribution in [2.75, 3.05) is 37.5 Å². The minimum Gasteiger partial charge on any atom is -0.497 e. The molecule has 7 heteroatoms. The summed E-state index contributed by atoms with van der Waals surface area (Å²) in [5.74, 6) is -0.705. The van der Waals surface area contributed by atoms with E-state index in [1.165, 1.54) is 20.3 Å². The molecule has 0 spiro atoms. The monoisotopic (exact) mass is 388 g/mol. The van der Waals surface area contributed by atoms with Gasteiger partial charge in [0, 0.05) is 30.4 Å². The normalized spacial score (nSPS) is 13.8. The number of hydrogen-bond donors (Lipinski definition) is 1. The molecule has 0 aliphatic carbocycles. The Morgan fingerprint density at radius 1 is 1.07 bits per heavy atom. The van der Waals surface area contributed by atoms with Crippen molar-refractivity contribution >= 4 is 23.4 Å². The maximum absolute atomic E-state index is 14.4. The van der Waals surface area contributed by atoms with E-state index in [2.05, 4.69) is 5.32 Å². The van der Waals surface area contributed by atoms with Gasteiger partial charge in [0.1, 0.15) is 17.2 Å². The first kappa shape index (κ1) is 19.7. The van der Waals surface area contributed by atoms with E-state index in [1.54, 1.807) is 29.2 Å². The van der Waals surface area contributed by atoms with Crippen molar-refractivity contribution in [1.82, 2.24) is 0 Å². The maximum atomic E-state index is 14.4. The molecule has 0 atom stereocenters. The average Bonchev–Trinajstić information content (AvgIpc) is 3.19. The van der Waals surface area contributed by atoms with E-state index in [4.69, 9.17) is 9.47 Å². The molecule has 0 unspecified atom stereocenters. The second-order valence-electron chi connectivity index (χ2n) is 6.41. The van der Waals surface area contributed by atoms with Gasteiger partial charge in [-0.05, 0) is 49.2 Å². The third-order valence-corrected chi connectivity index (χ3v) is 4.56. The minimum absolute atomic E-state index is 0.0350. The largest absolute Gasteiger partial charge is 0.497 e. The Labute approximate surface area is 162 Å². The molecule has 1 heterocycles. The van der Waals surface area contributed by atoms with Crippen molar-refractivity contribution in [1.29, 1.82) is 0 Å². The SMILES string of the molecule is COc1ccc(OC)c(/C=C/C(=O)Nc2cc(F)c(N3CCCC3)c(F)c2)c1. The van der Waals surface area contributed by atoms with Crippen molar-refractivity contribution in [2.45, 2.75) is 12.8 Å². The molecular formula is C21H22F2N2O3. The summed E-state index contributed by atoms with van der Waals surface area (Å²) in [7, 11) is 3.06. The fourth-order valence-electron chi connectivity index (χ4n) is 3.20. The third kappa shape index (κ3) is 4.42. The van der Waals surface area contributed by atoms with Crippen LogP contribution < -0.4 is 19.7 Å². The Morgan fingerprint density at radius 3 is 2.36 bits per heavy atom. The fraction of sp³-hybridized carbons (Fsp3) is 0.286. The van der Waals surface area contributed by atoms with Crippen molar-refractivity contribution in [3.63, 3.8) is 0 Å². The van der Waals surface area contributed by atoms with Gasteiger partial charge in [0.25, 0.3) is 0 Å². The Balaban J connectivity index is 1.74. The number of carbonyl (C=O) groups excluding carboxylic acids is 1. The molecule has 1 saturated heterocycles. The van der Waals surface area contributed by atoms with E-state index in [0.717, 1.165) is 25.0 Å². The number of rotatable bonds is 6. The highest BCUT2D eigenvalue weighted by atomic mass is 19.1. The highest BCUT2D eigenvalue weighted by molar-refractivity contribution is 6.02. The van der Waals surface area contributed by atoms with E-state index in [1.807, 2.05) is 0 Å². The molecular weight excluding hydrogens is 366 g/mol. The molecule has 2 aromatic carbocycles. The van der Waals surface area contributed by atoms with Crippen LogP contribution in [-0.2, 0) is 4.79 Å². The van der Waals surface area contributed by atoms with E-state index >= 15 is 0 Å². The fourth-order valence-corrected chi connectivity index (χ4v) is 3.20. The summed E-state index contributed by atoms with van der Waals surface area (Å²) in [6.45, 7) is 1.26. The Bertz CT molecular complexity index is 870. The number of benzene rings is 2. The zero-order valence-corrected chi connectivity index (χ0v) is 15.8. The molecule has 2 aromatic rings. The molecule has 1 fully saturated rings. The Hall–Kier alpha value is -3.09. The highest BCUT2D eigenvalue weighted by Crippen LogP contribution is 2.30. The van der Waals surface area contributed by atoms with Gasteiger partial charge in [0.15, 0.2) is 11.6 Å². The number of nitrogens with zero attached hydrogens (tertiary/aromatic N) is 1. The number of methoxy groups -OCH3 is 2. The molecule has 148 valence electrons. The van der Waals surface area contributed by atoms with Crippen LogP contribution in [0.4, 0.5) is 20.2 Å². The lowest BCUT2D eigenvalue weighted by molar-refractivity contribution is -0.111. The third-order valence-electron chi connectivity index (χ3n) is 4.56. The van der Waals surface area contributed by atoms with Crippen molar-refractivity contribution in [3.05, 3.63) is 53.6 Å². The van der Waals surface area contributed by atoms with Crippen LogP contribution in [0.1, 0.15) is 18.4 Å². The molecule has 1 amide bonds. The van der Waals surface area contributed by atoms with Gasteiger partial charge in [-0.3, -0.25) is 4.79 Å². The van der Waals surface area contributed by atoms with E-state index < -0.39 is 17.5 Å². The second-order valence-corrected chi connectivity index (χ2v) is 6.41. The zero-order chi connectivity index (χ0) is 20.1. The molecule has 3 rings (SSSR count). The number of nitrogens with one attached hydrogen (secondary N) is 1. The molecule has 5 nitrogen and oxygen atoms in total. The van der Waals surface area contributed by atoms with Crippen molar-refractivity contribution in [2.24, 2.45) is 0 Å². The lowest BCUT2D eigenvalue weighted by Gasteiger charge is -2.19. The van der Waals surface area contributed by atoms with E-state index in [-0.39, 0.29) is 11.4 Å². The van der Waals surface area contributed by atoms with Crippen molar-refractivity contribution < 1.29 is 23.0 Å². The van der Waals surface area contributed by atoms with E-state index in [9.17, 15) is 13.6 Å². The summed E-state index contributed by atoms with van der Waals surface area (Å²) >= 11 is 0. The molecule has 0 saturated carbocycles. The van der Waals surface area contributed by atoms with Crippen LogP contribution >= 0.6 is 0 Å². The summed E-state index contributed by atoms with van der Waals surface area (Å²) in [5.41, 5.74) is 0.663. The van der Waals surface area contributed by atoms with Gasteiger partial charge in [-0.25, -0.2) is 8.78 Å². The van der Waals surface area contributed by atoms with Gasteiger partial charge >= 0.3 is 0 Å². The number of halogens is 2. The van der Waals surface area contributed by atoms with Crippen LogP contribution in [-0.4, -0.2) is 33.2 Å². The number of ether oxygens (including phenoxy) is 2. The molecule has 1 aliphatic heterocycles. The highest BCUT2D eigenvalue weighted by Gasteiger charge is 2.21. The van der Waals surface area contributed by atoms with Crippen molar-refractivity contribution in [3.8, 4) is 11.5 Å². The molecule has 1 aliphatic rings. The topological polar surface area (TPSA) is 50.8 Å². The van der Waals surface area contributed by atoms with E-state index in [0.29, 0.717) is 30.2 Å². The molecule has 1 N–H and O–H groups in total. The lowest BCUT2D eigenvalue weighted by atomic mass is 10.1. The number of anilines is 2. The summed E-state index contributed by atoms with van der Waals surface area (Å²) < 4.78 is 39.1. The van der Waals surface area contributed by atoms with Crippen LogP contribution in [0, 0.1) is 11.6 Å². The van der Waals surface area contributed by atoms with Gasteiger partial charge in [0.2, 0.25) is 5.91 Å². The number of amides is 1. The van der Waals surface area contributed by atoms with Crippen LogP contribution in [0.15, 0.2) is 36.4 Å². The summed E-state index contributed by atoms with van der Waals surface area (Å²) in [5, 5.41) is 2.48. The minimum atomic E-state index is -0.685. The molecule has 0 bridgehead atoms. The number of carbonyl (C=O) groups is 1. The van der Waals surface area contributed by atoms with Gasteiger partial charge < -0.3 is 19.7 Å². The van der Waals surface area contributed by atoms with Crippen LogP contribution in [0.5, 0.6) is 11.5 Å². The second kappa shape index (κ2) is 8.73. The molecule has 0 radical (unpaired) electrons. The smallest absolute Gasteiger partial charge is 0.248 e. The van der Waals surface area contributed by atoms with Crippen LogP contribution in [0.3, 0.4) is 0 Å². The molecule has 0 aromatic heterocycles. The first-order valence-electron chi connectivity index (χ1n) is 8.97. The van der Waals surface area contributed by atoms with Gasteiger partial charge in [-0.1, -0.05) is 0 Å². The van der Waals surface area contributed by atoms with Gasteiger partial charge in [-0.2, -0.15) is 0 Å². The Kier molecular flexibility index (Phi) is 6.13. The maximum Gasteiger partial charge on any atom is 0.248 e. The average molecular weight is 388 g/mol. The predicted octanol–water partition coefficient (Wildman–Crippen LogP) is 4.23.